The fourth-order valence-electron chi connectivity index (χ4n) is 1.05. The van der Waals surface area contributed by atoms with Crippen LogP contribution in [0.5, 0.6) is 0 Å². The van der Waals surface area contributed by atoms with E-state index in [1.807, 2.05) is 0 Å². The molecule has 0 saturated heterocycles. The van der Waals surface area contributed by atoms with Gasteiger partial charge in [-0.25, -0.2) is 0 Å². The molecule has 0 saturated carbocycles. The Kier molecular flexibility index (Phi) is 1.62. The van der Waals surface area contributed by atoms with E-state index in [4.69, 9.17) is 11.6 Å². The molecular formula is C7H7ClN2S. The second-order valence-corrected chi connectivity index (χ2v) is 3.70. The van der Waals surface area contributed by atoms with Gasteiger partial charge < -0.3 is 5.32 Å². The van der Waals surface area contributed by atoms with Crippen LogP contribution < -0.4 is 5.32 Å². The van der Waals surface area contributed by atoms with Crippen molar-refractivity contribution in [3.63, 3.8) is 0 Å². The molecule has 1 aromatic heterocycles. The highest BCUT2D eigenvalue weighted by molar-refractivity contribution is 7.15. The first-order chi connectivity index (χ1) is 5.27. The minimum Gasteiger partial charge on any atom is -0.322 e. The van der Waals surface area contributed by atoms with Gasteiger partial charge in [-0.2, -0.15) is 0 Å². The molecule has 1 N–H and O–H groups in total. The third kappa shape index (κ3) is 1.14. The largest absolute Gasteiger partial charge is 0.322 e. The van der Waals surface area contributed by atoms with Gasteiger partial charge in [0.2, 0.25) is 0 Å². The summed E-state index contributed by atoms with van der Waals surface area (Å²) in [6, 6.07) is 0. The number of aliphatic imine (C=N–C) groups is 1. The Labute approximate surface area is 73.9 Å². The first-order valence-corrected chi connectivity index (χ1v) is 4.57. The third-order valence-electron chi connectivity index (χ3n) is 1.70. The summed E-state index contributed by atoms with van der Waals surface area (Å²) in [4.78, 5) is 4.08. The first kappa shape index (κ1) is 7.13. The number of nitrogens with zero attached hydrogens (tertiary/aromatic N) is 1. The lowest BCUT2D eigenvalue weighted by atomic mass is 10.2. The standard InChI is InChI=1S/C7H7ClN2S/c1-4-3-11-6-5(4)2-9-7(8)10-6/h3H,2H2,1H3,(H,9,10). The molecule has 0 amide bonds. The summed E-state index contributed by atoms with van der Waals surface area (Å²) in [7, 11) is 0. The molecule has 2 nitrogen and oxygen atoms in total. The molecule has 11 heavy (non-hydrogen) atoms. The SMILES string of the molecule is Cc1csc2c1CN=C(Cl)N2. The molecule has 0 bridgehead atoms. The second kappa shape index (κ2) is 2.50. The predicted molar refractivity (Wildman–Crippen MR) is 49.7 cm³/mol. The Morgan fingerprint density at radius 3 is 3.36 bits per heavy atom. The van der Waals surface area contributed by atoms with E-state index in [2.05, 4.69) is 22.6 Å². The number of nitrogens with one attached hydrogen (secondary N) is 1. The Balaban J connectivity index is 2.44. The number of aryl methyl sites for hydroxylation is 1. The molecule has 4 heteroatoms. The molecule has 0 spiro atoms. The molecule has 0 atom stereocenters. The number of hydrogen-bond acceptors (Lipinski definition) is 3. The lowest BCUT2D eigenvalue weighted by molar-refractivity contribution is 1.05. The number of rotatable bonds is 0. The van der Waals surface area contributed by atoms with Crippen LogP contribution in [0.1, 0.15) is 11.1 Å². The van der Waals surface area contributed by atoms with Crippen molar-refractivity contribution in [1.82, 2.24) is 0 Å². The van der Waals surface area contributed by atoms with E-state index < -0.39 is 0 Å². The number of anilines is 1. The average Bonchev–Trinajstić information content (AvgIpc) is 2.32. The number of fused-ring (bicyclic) bond motifs is 1. The van der Waals surface area contributed by atoms with Gasteiger partial charge in [-0.1, -0.05) is 0 Å². The monoisotopic (exact) mass is 186 g/mol. The summed E-state index contributed by atoms with van der Waals surface area (Å²) >= 11 is 7.38. The summed E-state index contributed by atoms with van der Waals surface area (Å²) < 4.78 is 0. The van der Waals surface area contributed by atoms with E-state index >= 15 is 0 Å². The molecule has 1 aliphatic heterocycles. The van der Waals surface area contributed by atoms with Crippen molar-refractivity contribution in [1.29, 1.82) is 0 Å². The van der Waals surface area contributed by atoms with Crippen molar-refractivity contribution in [3.8, 4) is 0 Å². The highest BCUT2D eigenvalue weighted by atomic mass is 35.5. The van der Waals surface area contributed by atoms with E-state index in [9.17, 15) is 0 Å². The molecule has 1 aliphatic rings. The first-order valence-electron chi connectivity index (χ1n) is 3.31. The van der Waals surface area contributed by atoms with Gasteiger partial charge in [-0.15, -0.1) is 11.3 Å². The Bertz CT molecular complexity index is 316. The van der Waals surface area contributed by atoms with Gasteiger partial charge >= 0.3 is 0 Å². The second-order valence-electron chi connectivity index (χ2n) is 2.46. The van der Waals surface area contributed by atoms with Crippen molar-refractivity contribution in [2.75, 3.05) is 5.32 Å². The van der Waals surface area contributed by atoms with Crippen LogP contribution in [0.2, 0.25) is 0 Å². The van der Waals surface area contributed by atoms with Crippen LogP contribution in [0.25, 0.3) is 0 Å². The quantitative estimate of drug-likeness (QED) is 0.619. The zero-order valence-electron chi connectivity index (χ0n) is 6.02. The minimum atomic E-state index is 0.499. The summed E-state index contributed by atoms with van der Waals surface area (Å²) in [6.07, 6.45) is 0. The van der Waals surface area contributed by atoms with E-state index in [-0.39, 0.29) is 0 Å². The van der Waals surface area contributed by atoms with Crippen molar-refractivity contribution >= 4 is 33.2 Å². The van der Waals surface area contributed by atoms with Crippen LogP contribution in [0.3, 0.4) is 0 Å². The molecule has 2 rings (SSSR count). The van der Waals surface area contributed by atoms with Crippen LogP contribution >= 0.6 is 22.9 Å². The molecule has 0 unspecified atom stereocenters. The molecule has 0 aromatic carbocycles. The van der Waals surface area contributed by atoms with Crippen LogP contribution in [0, 0.1) is 6.92 Å². The highest BCUT2D eigenvalue weighted by Gasteiger charge is 2.13. The maximum absolute atomic E-state index is 5.70. The zero-order chi connectivity index (χ0) is 7.84. The van der Waals surface area contributed by atoms with Gasteiger partial charge in [0.25, 0.3) is 0 Å². The van der Waals surface area contributed by atoms with Crippen molar-refractivity contribution in [3.05, 3.63) is 16.5 Å². The fourth-order valence-corrected chi connectivity index (χ4v) is 2.22. The number of thiophene rings is 1. The minimum absolute atomic E-state index is 0.499. The number of amidine groups is 1. The maximum atomic E-state index is 5.70. The summed E-state index contributed by atoms with van der Waals surface area (Å²) in [6.45, 7) is 2.81. The van der Waals surface area contributed by atoms with Gasteiger partial charge in [0.05, 0.1) is 11.5 Å². The van der Waals surface area contributed by atoms with E-state index in [0.717, 1.165) is 11.5 Å². The van der Waals surface area contributed by atoms with Crippen LogP contribution in [0.4, 0.5) is 5.00 Å². The molecular weight excluding hydrogens is 180 g/mol. The van der Waals surface area contributed by atoms with Gasteiger partial charge in [0, 0.05) is 5.56 Å². The van der Waals surface area contributed by atoms with Gasteiger partial charge in [0.1, 0.15) is 0 Å². The molecule has 0 aliphatic carbocycles. The predicted octanol–water partition coefficient (Wildman–Crippen LogP) is 2.58. The number of hydrogen-bond donors (Lipinski definition) is 1. The zero-order valence-corrected chi connectivity index (χ0v) is 7.59. The van der Waals surface area contributed by atoms with Crippen molar-refractivity contribution < 1.29 is 0 Å². The molecule has 0 fully saturated rings. The van der Waals surface area contributed by atoms with Crippen molar-refractivity contribution in [2.45, 2.75) is 13.5 Å². The molecule has 58 valence electrons. The summed E-state index contributed by atoms with van der Waals surface area (Å²) in [5, 5.41) is 6.77. The average molecular weight is 187 g/mol. The van der Waals surface area contributed by atoms with Gasteiger partial charge in [-0.3, -0.25) is 4.99 Å². The van der Waals surface area contributed by atoms with Gasteiger partial charge in [0.15, 0.2) is 5.29 Å². The Morgan fingerprint density at radius 2 is 2.55 bits per heavy atom. The van der Waals surface area contributed by atoms with Crippen LogP contribution in [-0.2, 0) is 6.54 Å². The topological polar surface area (TPSA) is 24.4 Å². The van der Waals surface area contributed by atoms with Crippen LogP contribution in [-0.4, -0.2) is 5.29 Å². The summed E-state index contributed by atoms with van der Waals surface area (Å²) in [5.41, 5.74) is 2.57. The Hall–Kier alpha value is -0.540. The normalized spacial score (nSPS) is 15.3. The molecule has 2 heterocycles. The van der Waals surface area contributed by atoms with E-state index in [1.165, 1.54) is 11.1 Å². The lowest BCUT2D eigenvalue weighted by Crippen LogP contribution is -2.09. The van der Waals surface area contributed by atoms with Crippen LogP contribution in [0.15, 0.2) is 10.4 Å². The third-order valence-corrected chi connectivity index (χ3v) is 2.97. The number of halogens is 1. The Morgan fingerprint density at radius 1 is 1.73 bits per heavy atom. The lowest BCUT2D eigenvalue weighted by Gasteiger charge is -2.10. The molecule has 1 aromatic rings. The maximum Gasteiger partial charge on any atom is 0.196 e. The smallest absolute Gasteiger partial charge is 0.196 e. The van der Waals surface area contributed by atoms with E-state index in [0.29, 0.717) is 5.29 Å². The molecule has 0 radical (unpaired) electrons. The van der Waals surface area contributed by atoms with Gasteiger partial charge in [-0.05, 0) is 29.5 Å². The summed E-state index contributed by atoms with van der Waals surface area (Å²) in [5.74, 6) is 0. The fraction of sp³-hybridized carbons (Fsp3) is 0.286. The van der Waals surface area contributed by atoms with E-state index in [1.54, 1.807) is 11.3 Å². The highest BCUT2D eigenvalue weighted by Crippen LogP contribution is 2.30. The van der Waals surface area contributed by atoms with Crippen molar-refractivity contribution in [2.24, 2.45) is 4.99 Å².